The second-order valence-corrected chi connectivity index (χ2v) is 14.5. The Morgan fingerprint density at radius 1 is 0.897 bits per heavy atom. The van der Waals surface area contributed by atoms with E-state index in [-0.39, 0.29) is 46.3 Å². The van der Waals surface area contributed by atoms with Crippen LogP contribution in [0.15, 0.2) is 47.4 Å². The van der Waals surface area contributed by atoms with Crippen LogP contribution in [0.25, 0.3) is 0 Å². The number of halogens is 2. The molecule has 0 radical (unpaired) electrons. The van der Waals surface area contributed by atoms with Gasteiger partial charge in [0.2, 0.25) is 26.0 Å². The van der Waals surface area contributed by atoms with Crippen LogP contribution in [0, 0.1) is 5.92 Å². The van der Waals surface area contributed by atoms with E-state index in [1.54, 1.807) is 30.3 Å². The highest BCUT2D eigenvalue weighted by atomic mass is 35.5. The lowest BCUT2D eigenvalue weighted by molar-refractivity contribution is -0.126. The van der Waals surface area contributed by atoms with Gasteiger partial charge in [-0.1, -0.05) is 35.7 Å². The van der Waals surface area contributed by atoms with Gasteiger partial charge >= 0.3 is 0 Å². The van der Waals surface area contributed by atoms with Crippen LogP contribution < -0.4 is 10.1 Å². The number of nitrogens with zero attached hydrogens (tertiary/aromatic N) is 2. The summed E-state index contributed by atoms with van der Waals surface area (Å²) in [6.07, 6.45) is 3.94. The monoisotopic (exact) mass is 617 g/mol. The SMILES string of the molecule is O=C(NCCOc1ccc(S(=O)(=O)N2CCCCC2)cc1)C1CCCN(S(=O)(=O)Cc2c(Cl)cccc2Cl)C1. The van der Waals surface area contributed by atoms with Gasteiger partial charge in [0.25, 0.3) is 0 Å². The maximum atomic E-state index is 13.0. The molecular weight excluding hydrogens is 585 g/mol. The first-order valence-electron chi connectivity index (χ1n) is 13.0. The van der Waals surface area contributed by atoms with Crippen LogP contribution in [-0.4, -0.2) is 70.7 Å². The van der Waals surface area contributed by atoms with Crippen molar-refractivity contribution >= 4 is 49.2 Å². The van der Waals surface area contributed by atoms with Gasteiger partial charge < -0.3 is 10.1 Å². The molecule has 2 aliphatic heterocycles. The summed E-state index contributed by atoms with van der Waals surface area (Å²) in [6, 6.07) is 11.1. The van der Waals surface area contributed by atoms with E-state index >= 15 is 0 Å². The molecule has 9 nitrogen and oxygen atoms in total. The molecule has 4 rings (SSSR count). The van der Waals surface area contributed by atoms with Crippen LogP contribution in [-0.2, 0) is 30.6 Å². The maximum Gasteiger partial charge on any atom is 0.243 e. The fourth-order valence-corrected chi connectivity index (χ4v) is 8.68. The first-order valence-corrected chi connectivity index (χ1v) is 16.8. The number of ether oxygens (including phenoxy) is 1. The third kappa shape index (κ3) is 7.65. The molecule has 1 unspecified atom stereocenters. The molecule has 2 fully saturated rings. The van der Waals surface area contributed by atoms with E-state index in [0.29, 0.717) is 43.8 Å². The second kappa shape index (κ2) is 13.2. The first kappa shape index (κ1) is 30.1. The molecule has 1 N–H and O–H groups in total. The molecule has 0 spiro atoms. The summed E-state index contributed by atoms with van der Waals surface area (Å²) in [5.74, 6) is -0.548. The van der Waals surface area contributed by atoms with Crippen molar-refractivity contribution in [2.75, 3.05) is 39.3 Å². The Kier molecular flexibility index (Phi) is 10.2. The number of hydrogen-bond donors (Lipinski definition) is 1. The van der Waals surface area contributed by atoms with Gasteiger partial charge in [-0.15, -0.1) is 0 Å². The molecule has 2 aromatic rings. The van der Waals surface area contributed by atoms with Crippen LogP contribution in [0.3, 0.4) is 0 Å². The number of carbonyl (C=O) groups excluding carboxylic acids is 1. The molecule has 2 heterocycles. The number of sulfonamides is 2. The van der Waals surface area contributed by atoms with Gasteiger partial charge in [-0.2, -0.15) is 4.31 Å². The van der Waals surface area contributed by atoms with Gasteiger partial charge in [0.15, 0.2) is 0 Å². The van der Waals surface area contributed by atoms with Gasteiger partial charge in [-0.3, -0.25) is 4.79 Å². The molecule has 2 saturated heterocycles. The fourth-order valence-electron chi connectivity index (χ4n) is 4.80. The van der Waals surface area contributed by atoms with E-state index in [4.69, 9.17) is 27.9 Å². The molecular formula is C26H33Cl2N3O6S2. The van der Waals surface area contributed by atoms with Crippen LogP contribution in [0.2, 0.25) is 10.0 Å². The van der Waals surface area contributed by atoms with Crippen molar-refractivity contribution in [3.8, 4) is 5.75 Å². The molecule has 0 bridgehead atoms. The van der Waals surface area contributed by atoms with Crippen molar-refractivity contribution < 1.29 is 26.4 Å². The summed E-state index contributed by atoms with van der Waals surface area (Å²) in [5, 5.41) is 3.39. The van der Waals surface area contributed by atoms with E-state index in [9.17, 15) is 21.6 Å². The van der Waals surface area contributed by atoms with Gasteiger partial charge in [0, 0.05) is 41.8 Å². The average molecular weight is 619 g/mol. The summed E-state index contributed by atoms with van der Waals surface area (Å²) in [7, 11) is -7.22. The Balaban J connectivity index is 1.24. The van der Waals surface area contributed by atoms with Gasteiger partial charge in [0.05, 0.1) is 23.1 Å². The number of carbonyl (C=O) groups is 1. The highest BCUT2D eigenvalue weighted by Gasteiger charge is 2.33. The Labute approximate surface area is 240 Å². The summed E-state index contributed by atoms with van der Waals surface area (Å²) < 4.78 is 60.1. The number of rotatable bonds is 10. The Bertz CT molecular complexity index is 1340. The minimum atomic E-state index is -3.72. The van der Waals surface area contributed by atoms with Crippen LogP contribution >= 0.6 is 23.2 Å². The molecule has 39 heavy (non-hydrogen) atoms. The highest BCUT2D eigenvalue weighted by molar-refractivity contribution is 7.89. The van der Waals surface area contributed by atoms with Crippen molar-refractivity contribution in [1.82, 2.24) is 13.9 Å². The summed E-state index contributed by atoms with van der Waals surface area (Å²) in [4.78, 5) is 13.0. The lowest BCUT2D eigenvalue weighted by Crippen LogP contribution is -2.46. The van der Waals surface area contributed by atoms with E-state index < -0.39 is 26.0 Å². The van der Waals surface area contributed by atoms with Crippen molar-refractivity contribution in [2.24, 2.45) is 5.92 Å². The largest absolute Gasteiger partial charge is 0.492 e. The maximum absolute atomic E-state index is 13.0. The van der Waals surface area contributed by atoms with Crippen LogP contribution in [0.4, 0.5) is 0 Å². The molecule has 13 heteroatoms. The predicted octanol–water partition coefficient (Wildman–Crippen LogP) is 3.91. The molecule has 214 valence electrons. The Morgan fingerprint density at radius 2 is 1.54 bits per heavy atom. The van der Waals surface area contributed by atoms with E-state index in [0.717, 1.165) is 19.3 Å². The minimum Gasteiger partial charge on any atom is -0.492 e. The minimum absolute atomic E-state index is 0.0874. The van der Waals surface area contributed by atoms with Gasteiger partial charge in [-0.25, -0.2) is 21.1 Å². The summed E-state index contributed by atoms with van der Waals surface area (Å²) in [6.45, 7) is 1.92. The Morgan fingerprint density at radius 3 is 2.21 bits per heavy atom. The highest BCUT2D eigenvalue weighted by Crippen LogP contribution is 2.29. The lowest BCUT2D eigenvalue weighted by Gasteiger charge is -2.31. The average Bonchev–Trinajstić information content (AvgIpc) is 2.94. The topological polar surface area (TPSA) is 113 Å². The zero-order valence-corrected chi connectivity index (χ0v) is 24.7. The van der Waals surface area contributed by atoms with E-state index in [1.807, 2.05) is 0 Å². The molecule has 0 aromatic heterocycles. The molecule has 0 aliphatic carbocycles. The summed E-state index contributed by atoms with van der Waals surface area (Å²) >= 11 is 12.3. The van der Waals surface area contributed by atoms with E-state index in [1.165, 1.54) is 20.7 Å². The number of piperidine rings is 2. The quantitative estimate of drug-likeness (QED) is 0.405. The summed E-state index contributed by atoms with van der Waals surface area (Å²) in [5.41, 5.74) is 0.349. The fraction of sp³-hybridized carbons (Fsp3) is 0.500. The smallest absolute Gasteiger partial charge is 0.243 e. The number of hydrogen-bond acceptors (Lipinski definition) is 6. The molecule has 1 atom stereocenters. The normalized spacial score (nSPS) is 19.5. The number of amides is 1. The Hall–Kier alpha value is -1.89. The number of nitrogens with one attached hydrogen (secondary N) is 1. The zero-order chi connectivity index (χ0) is 28.0. The molecule has 1 amide bonds. The van der Waals surface area contributed by atoms with Crippen molar-refractivity contribution in [3.05, 3.63) is 58.1 Å². The van der Waals surface area contributed by atoms with Crippen molar-refractivity contribution in [3.63, 3.8) is 0 Å². The van der Waals surface area contributed by atoms with E-state index in [2.05, 4.69) is 5.32 Å². The zero-order valence-electron chi connectivity index (χ0n) is 21.5. The molecule has 2 aliphatic rings. The molecule has 2 aromatic carbocycles. The number of benzene rings is 2. The van der Waals surface area contributed by atoms with Gasteiger partial charge in [-0.05, 0) is 62.1 Å². The predicted molar refractivity (Wildman–Crippen MR) is 151 cm³/mol. The van der Waals surface area contributed by atoms with Crippen molar-refractivity contribution in [2.45, 2.75) is 42.8 Å². The second-order valence-electron chi connectivity index (χ2n) is 9.73. The third-order valence-electron chi connectivity index (χ3n) is 6.98. The lowest BCUT2D eigenvalue weighted by atomic mass is 9.99. The molecule has 0 saturated carbocycles. The van der Waals surface area contributed by atoms with Crippen LogP contribution in [0.5, 0.6) is 5.75 Å². The van der Waals surface area contributed by atoms with Crippen LogP contribution in [0.1, 0.15) is 37.7 Å². The first-order chi connectivity index (χ1) is 18.6. The standard InChI is InChI=1S/C26H33Cl2N3O6S2/c27-24-7-4-8-25(28)23(24)19-38(33,34)31-16-5-6-20(18-31)26(32)29-13-17-37-21-9-11-22(12-10-21)39(35,36)30-14-2-1-3-15-30/h4,7-12,20H,1-3,5-6,13-19H2,(H,29,32). The van der Waals surface area contributed by atoms with Gasteiger partial charge in [0.1, 0.15) is 12.4 Å². The third-order valence-corrected chi connectivity index (χ3v) is 11.4. The van der Waals surface area contributed by atoms with Crippen molar-refractivity contribution in [1.29, 1.82) is 0 Å².